The predicted octanol–water partition coefficient (Wildman–Crippen LogP) is 0.951. The van der Waals surface area contributed by atoms with Crippen LogP contribution in [0.15, 0.2) is 0 Å². The van der Waals surface area contributed by atoms with Crippen molar-refractivity contribution in [3.63, 3.8) is 0 Å². The Morgan fingerprint density at radius 1 is 1.25 bits per heavy atom. The third kappa shape index (κ3) is 7.09. The molecule has 0 fully saturated rings. The van der Waals surface area contributed by atoms with E-state index in [-0.39, 0.29) is 30.1 Å². The molecule has 0 atom stereocenters. The van der Waals surface area contributed by atoms with Crippen molar-refractivity contribution in [1.29, 1.82) is 0 Å². The Morgan fingerprint density at radius 2 is 1.75 bits per heavy atom. The van der Waals surface area contributed by atoms with Gasteiger partial charge in [-0.05, 0) is 34.6 Å². The van der Waals surface area contributed by atoms with Crippen LogP contribution in [0.4, 0.5) is 4.79 Å². The van der Waals surface area contributed by atoms with Gasteiger partial charge in [-0.15, -0.1) is 0 Å². The molecule has 0 aromatic heterocycles. The third-order valence-electron chi connectivity index (χ3n) is 1.65. The normalized spacial score (nSPS) is 11.2. The highest BCUT2D eigenvalue weighted by Gasteiger charge is 2.17. The number of hydrogen-bond donors (Lipinski definition) is 2. The van der Waals surface area contributed by atoms with Crippen LogP contribution in [0, 0.1) is 0 Å². The number of amides is 3. The zero-order valence-electron chi connectivity index (χ0n) is 11.0. The zero-order valence-corrected chi connectivity index (χ0v) is 11.0. The average molecular weight is 229 g/mol. The summed E-state index contributed by atoms with van der Waals surface area (Å²) in [6.07, 6.45) is 0. The van der Waals surface area contributed by atoms with Crippen LogP contribution in [0.5, 0.6) is 0 Å². The molecular formula is C11H23N3O2. The highest BCUT2D eigenvalue weighted by Crippen LogP contribution is 1.98. The molecule has 0 aliphatic rings. The van der Waals surface area contributed by atoms with E-state index in [1.807, 2.05) is 34.6 Å². The van der Waals surface area contributed by atoms with E-state index in [2.05, 4.69) is 10.6 Å². The third-order valence-corrected chi connectivity index (χ3v) is 1.65. The first-order chi connectivity index (χ1) is 7.11. The summed E-state index contributed by atoms with van der Waals surface area (Å²) >= 11 is 0. The first-order valence-electron chi connectivity index (χ1n) is 5.44. The van der Waals surface area contributed by atoms with Crippen LogP contribution in [-0.4, -0.2) is 42.0 Å². The van der Waals surface area contributed by atoms with Crippen molar-refractivity contribution in [3.05, 3.63) is 0 Å². The van der Waals surface area contributed by atoms with Crippen LogP contribution in [0.1, 0.15) is 34.6 Å². The van der Waals surface area contributed by atoms with Gasteiger partial charge in [0.25, 0.3) is 0 Å². The SMILES string of the molecule is CC(C)NC(=O)N(C)CC(=O)NC(C)(C)C. The van der Waals surface area contributed by atoms with Gasteiger partial charge in [-0.2, -0.15) is 0 Å². The lowest BCUT2D eigenvalue weighted by Gasteiger charge is -2.24. The van der Waals surface area contributed by atoms with Crippen LogP contribution in [0.3, 0.4) is 0 Å². The number of carbonyl (C=O) groups excluding carboxylic acids is 2. The van der Waals surface area contributed by atoms with Gasteiger partial charge in [0.05, 0.1) is 0 Å². The fraction of sp³-hybridized carbons (Fsp3) is 0.818. The quantitative estimate of drug-likeness (QED) is 0.757. The minimum atomic E-state index is -0.271. The number of likely N-dealkylation sites (N-methyl/N-ethyl adjacent to an activating group) is 1. The Morgan fingerprint density at radius 3 is 2.12 bits per heavy atom. The summed E-state index contributed by atoms with van der Waals surface area (Å²) in [6, 6.07) is -0.167. The Labute approximate surface area is 97.6 Å². The van der Waals surface area contributed by atoms with Crippen molar-refractivity contribution in [2.75, 3.05) is 13.6 Å². The van der Waals surface area contributed by atoms with E-state index in [0.717, 1.165) is 0 Å². The average Bonchev–Trinajstić information content (AvgIpc) is 1.98. The molecule has 0 heterocycles. The fourth-order valence-electron chi connectivity index (χ4n) is 1.10. The van der Waals surface area contributed by atoms with E-state index in [0.29, 0.717) is 0 Å². The summed E-state index contributed by atoms with van der Waals surface area (Å²) in [6.45, 7) is 9.52. The van der Waals surface area contributed by atoms with Gasteiger partial charge in [-0.25, -0.2) is 4.79 Å². The number of hydrogen-bond acceptors (Lipinski definition) is 2. The molecule has 2 N–H and O–H groups in total. The summed E-state index contributed by atoms with van der Waals surface area (Å²) in [5, 5.41) is 5.52. The lowest BCUT2D eigenvalue weighted by molar-refractivity contribution is -0.122. The Balaban J connectivity index is 4.09. The smallest absolute Gasteiger partial charge is 0.317 e. The second-order valence-corrected chi connectivity index (χ2v) is 5.26. The maximum Gasteiger partial charge on any atom is 0.317 e. The highest BCUT2D eigenvalue weighted by atomic mass is 16.2. The van der Waals surface area contributed by atoms with E-state index >= 15 is 0 Å². The molecule has 0 aliphatic heterocycles. The highest BCUT2D eigenvalue weighted by molar-refractivity contribution is 5.84. The topological polar surface area (TPSA) is 61.4 Å². The number of carbonyl (C=O) groups is 2. The first kappa shape index (κ1) is 14.7. The van der Waals surface area contributed by atoms with E-state index in [1.165, 1.54) is 4.90 Å². The molecule has 0 aromatic rings. The van der Waals surface area contributed by atoms with Gasteiger partial charge in [0, 0.05) is 18.6 Å². The second-order valence-electron chi connectivity index (χ2n) is 5.26. The predicted molar refractivity (Wildman–Crippen MR) is 64.2 cm³/mol. The van der Waals surface area contributed by atoms with Crippen LogP contribution in [0.2, 0.25) is 0 Å². The van der Waals surface area contributed by atoms with Gasteiger partial charge in [0.15, 0.2) is 0 Å². The van der Waals surface area contributed by atoms with Crippen molar-refractivity contribution in [1.82, 2.24) is 15.5 Å². The monoisotopic (exact) mass is 229 g/mol. The van der Waals surface area contributed by atoms with Gasteiger partial charge in [0.1, 0.15) is 6.54 Å². The molecule has 0 saturated carbocycles. The van der Waals surface area contributed by atoms with Crippen molar-refractivity contribution in [2.45, 2.75) is 46.2 Å². The lowest BCUT2D eigenvalue weighted by Crippen LogP contribution is -2.49. The molecule has 0 unspecified atom stereocenters. The molecular weight excluding hydrogens is 206 g/mol. The van der Waals surface area contributed by atoms with Crippen LogP contribution in [0.25, 0.3) is 0 Å². The summed E-state index contributed by atoms with van der Waals surface area (Å²) < 4.78 is 0. The Hall–Kier alpha value is -1.26. The molecule has 0 bridgehead atoms. The fourth-order valence-corrected chi connectivity index (χ4v) is 1.10. The second kappa shape index (κ2) is 5.72. The maximum atomic E-state index is 11.5. The summed E-state index contributed by atoms with van der Waals surface area (Å²) in [4.78, 5) is 24.4. The Kier molecular flexibility index (Phi) is 5.27. The van der Waals surface area contributed by atoms with Crippen LogP contribution >= 0.6 is 0 Å². The standard InChI is InChI=1S/C11H23N3O2/c1-8(2)12-10(16)14(6)7-9(15)13-11(3,4)5/h8H,7H2,1-6H3,(H,12,16)(H,13,15). The van der Waals surface area contributed by atoms with Gasteiger partial charge in [-0.1, -0.05) is 0 Å². The van der Waals surface area contributed by atoms with E-state index in [4.69, 9.17) is 0 Å². The van der Waals surface area contributed by atoms with Gasteiger partial charge >= 0.3 is 6.03 Å². The zero-order chi connectivity index (χ0) is 12.9. The van der Waals surface area contributed by atoms with E-state index < -0.39 is 0 Å². The molecule has 0 aromatic carbocycles. The number of urea groups is 1. The largest absolute Gasteiger partial charge is 0.350 e. The van der Waals surface area contributed by atoms with Crippen LogP contribution < -0.4 is 10.6 Å². The van der Waals surface area contributed by atoms with E-state index in [9.17, 15) is 9.59 Å². The maximum absolute atomic E-state index is 11.5. The molecule has 0 saturated heterocycles. The minimum Gasteiger partial charge on any atom is -0.350 e. The molecule has 0 rings (SSSR count). The summed E-state index contributed by atoms with van der Waals surface area (Å²) in [5.74, 6) is -0.158. The number of rotatable bonds is 3. The first-order valence-corrected chi connectivity index (χ1v) is 5.44. The van der Waals surface area contributed by atoms with Crippen molar-refractivity contribution in [2.24, 2.45) is 0 Å². The summed E-state index contributed by atoms with van der Waals surface area (Å²) in [7, 11) is 1.60. The molecule has 16 heavy (non-hydrogen) atoms. The van der Waals surface area contributed by atoms with Crippen molar-refractivity contribution < 1.29 is 9.59 Å². The summed E-state index contributed by atoms with van der Waals surface area (Å²) in [5.41, 5.74) is -0.271. The van der Waals surface area contributed by atoms with E-state index in [1.54, 1.807) is 7.05 Å². The molecule has 5 heteroatoms. The Bertz CT molecular complexity index is 256. The van der Waals surface area contributed by atoms with Crippen LogP contribution in [-0.2, 0) is 4.79 Å². The van der Waals surface area contributed by atoms with Gasteiger partial charge in [0.2, 0.25) is 5.91 Å². The number of nitrogens with one attached hydrogen (secondary N) is 2. The molecule has 5 nitrogen and oxygen atoms in total. The lowest BCUT2D eigenvalue weighted by atomic mass is 10.1. The molecule has 0 spiro atoms. The number of nitrogens with zero attached hydrogens (tertiary/aromatic N) is 1. The molecule has 0 aliphatic carbocycles. The molecule has 0 radical (unpaired) electrons. The van der Waals surface area contributed by atoms with Gasteiger partial charge in [-0.3, -0.25) is 4.79 Å². The van der Waals surface area contributed by atoms with Crippen molar-refractivity contribution >= 4 is 11.9 Å². The van der Waals surface area contributed by atoms with Gasteiger partial charge < -0.3 is 15.5 Å². The molecule has 3 amide bonds. The van der Waals surface area contributed by atoms with Crippen molar-refractivity contribution in [3.8, 4) is 0 Å². The minimum absolute atomic E-state index is 0.0653. The molecule has 94 valence electrons.